The summed E-state index contributed by atoms with van der Waals surface area (Å²) in [5, 5.41) is 13.9. The number of carboxylic acid groups (broad SMARTS) is 1. The highest BCUT2D eigenvalue weighted by Crippen LogP contribution is 2.05. The van der Waals surface area contributed by atoms with Crippen LogP contribution in [0.4, 0.5) is 0 Å². The molecule has 1 aromatic carbocycles. The number of hydrogen-bond donors (Lipinski definition) is 5. The lowest BCUT2D eigenvalue weighted by Crippen LogP contribution is -2.55. The van der Waals surface area contributed by atoms with Gasteiger partial charge in [-0.15, -0.1) is 0 Å². The summed E-state index contributed by atoms with van der Waals surface area (Å²) in [6.45, 7) is 0. The van der Waals surface area contributed by atoms with Crippen molar-refractivity contribution in [3.8, 4) is 0 Å². The predicted molar refractivity (Wildman–Crippen MR) is 106 cm³/mol. The van der Waals surface area contributed by atoms with Gasteiger partial charge in [0.2, 0.25) is 17.7 Å². The van der Waals surface area contributed by atoms with Gasteiger partial charge in [0.1, 0.15) is 12.1 Å². The smallest absolute Gasteiger partial charge is 0.326 e. The summed E-state index contributed by atoms with van der Waals surface area (Å²) in [7, 11) is 0. The highest BCUT2D eigenvalue weighted by Gasteiger charge is 2.28. The van der Waals surface area contributed by atoms with E-state index in [0.717, 1.165) is 5.56 Å². The first kappa shape index (κ1) is 23.4. The molecule has 7 N–H and O–H groups in total. The molecule has 0 saturated heterocycles. The van der Waals surface area contributed by atoms with Crippen LogP contribution in [0.2, 0.25) is 0 Å². The maximum Gasteiger partial charge on any atom is 0.326 e. The number of carboxylic acids is 1. The van der Waals surface area contributed by atoms with Crippen LogP contribution >= 0.6 is 11.8 Å². The van der Waals surface area contributed by atoms with Gasteiger partial charge in [-0.05, 0) is 30.4 Å². The lowest BCUT2D eigenvalue weighted by atomic mass is 10.1. The van der Waals surface area contributed by atoms with Crippen molar-refractivity contribution in [1.29, 1.82) is 0 Å². The van der Waals surface area contributed by atoms with Crippen molar-refractivity contribution in [3.05, 3.63) is 35.9 Å². The Kier molecular flexibility index (Phi) is 10.0. The van der Waals surface area contributed by atoms with Gasteiger partial charge in [0.05, 0.1) is 12.5 Å². The molecule has 154 valence electrons. The molecular weight excluding hydrogens is 384 g/mol. The van der Waals surface area contributed by atoms with E-state index in [-0.39, 0.29) is 6.42 Å². The van der Waals surface area contributed by atoms with E-state index in [2.05, 4.69) is 10.6 Å². The van der Waals surface area contributed by atoms with Crippen LogP contribution in [0.15, 0.2) is 30.3 Å². The van der Waals surface area contributed by atoms with Gasteiger partial charge < -0.3 is 27.2 Å². The fourth-order valence-corrected chi connectivity index (χ4v) is 2.89. The normalized spacial score (nSPS) is 13.8. The molecule has 3 atom stereocenters. The predicted octanol–water partition coefficient (Wildman–Crippen LogP) is -0.761. The van der Waals surface area contributed by atoms with Crippen molar-refractivity contribution in [3.63, 3.8) is 0 Å². The molecule has 9 nitrogen and oxygen atoms in total. The van der Waals surface area contributed by atoms with Crippen LogP contribution < -0.4 is 22.1 Å². The van der Waals surface area contributed by atoms with E-state index in [4.69, 9.17) is 16.6 Å². The maximum atomic E-state index is 12.5. The van der Waals surface area contributed by atoms with Crippen LogP contribution in [0.1, 0.15) is 18.4 Å². The van der Waals surface area contributed by atoms with Gasteiger partial charge in [0, 0.05) is 0 Å². The molecule has 0 bridgehead atoms. The molecule has 0 aliphatic rings. The number of hydrogen-bond acceptors (Lipinski definition) is 6. The Morgan fingerprint density at radius 2 is 1.68 bits per heavy atom. The topological polar surface area (TPSA) is 165 Å². The number of amides is 3. The Morgan fingerprint density at radius 1 is 1.07 bits per heavy atom. The quantitative estimate of drug-likeness (QED) is 0.302. The van der Waals surface area contributed by atoms with Crippen LogP contribution in [0.5, 0.6) is 0 Å². The largest absolute Gasteiger partial charge is 0.480 e. The Hall–Kier alpha value is -2.59. The zero-order chi connectivity index (χ0) is 21.1. The molecule has 3 unspecified atom stereocenters. The van der Waals surface area contributed by atoms with Crippen molar-refractivity contribution in [2.75, 3.05) is 12.0 Å². The van der Waals surface area contributed by atoms with Gasteiger partial charge in [0.15, 0.2) is 0 Å². The first-order chi connectivity index (χ1) is 13.2. The van der Waals surface area contributed by atoms with E-state index in [9.17, 15) is 19.2 Å². The summed E-state index contributed by atoms with van der Waals surface area (Å²) >= 11 is 1.47. The summed E-state index contributed by atoms with van der Waals surface area (Å²) in [5.41, 5.74) is 11.8. The standard InChI is InChI=1S/C18H26N4O5S/c1-28-8-7-13(17(25)22-14(18(26)27)10-15(20)23)21-16(24)12(19)9-11-5-3-2-4-6-11/h2-6,12-14H,7-10,19H2,1H3,(H2,20,23)(H,21,24)(H,22,25)(H,26,27). The molecule has 0 saturated carbocycles. The van der Waals surface area contributed by atoms with Crippen LogP contribution in [0.25, 0.3) is 0 Å². The molecular formula is C18H26N4O5S. The Bertz CT molecular complexity index is 686. The van der Waals surface area contributed by atoms with E-state index < -0.39 is 48.2 Å². The lowest BCUT2D eigenvalue weighted by molar-refractivity contribution is -0.143. The number of thioether (sulfide) groups is 1. The molecule has 1 rings (SSSR count). The summed E-state index contributed by atoms with van der Waals surface area (Å²) in [4.78, 5) is 47.1. The van der Waals surface area contributed by atoms with Crippen LogP contribution in [0.3, 0.4) is 0 Å². The number of primary amides is 1. The van der Waals surface area contributed by atoms with Crippen LogP contribution in [0, 0.1) is 0 Å². The third kappa shape index (κ3) is 8.40. The Labute approximate surface area is 167 Å². The molecule has 0 radical (unpaired) electrons. The summed E-state index contributed by atoms with van der Waals surface area (Å²) < 4.78 is 0. The minimum Gasteiger partial charge on any atom is -0.480 e. The average molecular weight is 410 g/mol. The van der Waals surface area contributed by atoms with Crippen LogP contribution in [-0.4, -0.2) is 58.9 Å². The highest BCUT2D eigenvalue weighted by atomic mass is 32.2. The second-order valence-corrected chi connectivity index (χ2v) is 7.19. The average Bonchev–Trinajstić information content (AvgIpc) is 2.64. The molecule has 3 amide bonds. The molecule has 10 heteroatoms. The number of rotatable bonds is 12. The number of carbonyl (C=O) groups is 4. The first-order valence-corrected chi connectivity index (χ1v) is 10.0. The van der Waals surface area contributed by atoms with Crippen molar-refractivity contribution in [1.82, 2.24) is 10.6 Å². The molecule has 0 spiro atoms. The van der Waals surface area contributed by atoms with E-state index in [1.54, 1.807) is 0 Å². The van der Waals surface area contributed by atoms with Gasteiger partial charge in [-0.25, -0.2) is 4.79 Å². The molecule has 1 aromatic rings. The van der Waals surface area contributed by atoms with Gasteiger partial charge >= 0.3 is 5.97 Å². The summed E-state index contributed by atoms with van der Waals surface area (Å²) in [6, 6.07) is 5.89. The summed E-state index contributed by atoms with van der Waals surface area (Å²) in [5.74, 6) is -2.92. The van der Waals surface area contributed by atoms with E-state index >= 15 is 0 Å². The number of nitrogens with two attached hydrogens (primary N) is 2. The van der Waals surface area contributed by atoms with Crippen LogP contribution in [-0.2, 0) is 25.6 Å². The number of benzene rings is 1. The Morgan fingerprint density at radius 3 is 2.21 bits per heavy atom. The minimum atomic E-state index is -1.46. The number of carbonyl (C=O) groups excluding carboxylic acids is 3. The van der Waals surface area contributed by atoms with Gasteiger partial charge in [0.25, 0.3) is 0 Å². The van der Waals surface area contributed by atoms with E-state index in [1.807, 2.05) is 36.6 Å². The molecule has 28 heavy (non-hydrogen) atoms. The fourth-order valence-electron chi connectivity index (χ4n) is 2.42. The first-order valence-electron chi connectivity index (χ1n) is 8.64. The summed E-state index contributed by atoms with van der Waals surface area (Å²) in [6.07, 6.45) is 1.87. The zero-order valence-electron chi connectivity index (χ0n) is 15.6. The van der Waals surface area contributed by atoms with Crippen molar-refractivity contribution in [2.45, 2.75) is 37.4 Å². The molecule has 0 aliphatic carbocycles. The third-order valence-corrected chi connectivity index (χ3v) is 4.54. The second kappa shape index (κ2) is 12.0. The molecule has 0 heterocycles. The maximum absolute atomic E-state index is 12.5. The second-order valence-electron chi connectivity index (χ2n) is 6.21. The number of aliphatic carboxylic acids is 1. The van der Waals surface area contributed by atoms with Gasteiger partial charge in [-0.2, -0.15) is 11.8 Å². The zero-order valence-corrected chi connectivity index (χ0v) is 16.4. The van der Waals surface area contributed by atoms with Gasteiger partial charge in [-0.3, -0.25) is 14.4 Å². The Balaban J connectivity index is 2.76. The number of nitrogens with one attached hydrogen (secondary N) is 2. The lowest BCUT2D eigenvalue weighted by Gasteiger charge is -2.22. The van der Waals surface area contributed by atoms with E-state index in [1.165, 1.54) is 11.8 Å². The van der Waals surface area contributed by atoms with Crippen molar-refractivity contribution >= 4 is 35.5 Å². The monoisotopic (exact) mass is 410 g/mol. The third-order valence-electron chi connectivity index (χ3n) is 3.90. The van der Waals surface area contributed by atoms with Gasteiger partial charge in [-0.1, -0.05) is 30.3 Å². The molecule has 0 aromatic heterocycles. The SMILES string of the molecule is CSCCC(NC(=O)C(N)Cc1ccccc1)C(=O)NC(CC(N)=O)C(=O)O. The van der Waals surface area contributed by atoms with Crippen molar-refractivity contribution in [2.24, 2.45) is 11.5 Å². The minimum absolute atomic E-state index is 0.277. The highest BCUT2D eigenvalue weighted by molar-refractivity contribution is 7.98. The molecule has 0 aliphatic heterocycles. The van der Waals surface area contributed by atoms with E-state index in [0.29, 0.717) is 12.2 Å². The fraction of sp³-hybridized carbons (Fsp3) is 0.444. The molecule has 0 fully saturated rings. The van der Waals surface area contributed by atoms with Crippen molar-refractivity contribution < 1.29 is 24.3 Å².